The Balaban J connectivity index is 2.07. The second kappa shape index (κ2) is 9.68. The van der Waals surface area contributed by atoms with E-state index >= 15 is 0 Å². The predicted molar refractivity (Wildman–Crippen MR) is 81.5 cm³/mol. The van der Waals surface area contributed by atoms with Gasteiger partial charge in [0.05, 0.1) is 13.2 Å². The minimum absolute atomic E-state index is 0.684. The van der Waals surface area contributed by atoms with Crippen LogP contribution in [0.2, 0.25) is 0 Å². The molecule has 0 aliphatic carbocycles. The molecular weight excluding hydrogens is 244 g/mol. The molecule has 0 spiro atoms. The fourth-order valence-electron chi connectivity index (χ4n) is 2.13. The van der Waals surface area contributed by atoms with Gasteiger partial charge >= 0.3 is 0 Å². The van der Waals surface area contributed by atoms with Crippen LogP contribution in [-0.2, 0) is 4.74 Å². The Morgan fingerprint density at radius 1 is 1.33 bits per heavy atom. The molecule has 106 valence electrons. The molecule has 0 bridgehead atoms. The van der Waals surface area contributed by atoms with Crippen molar-refractivity contribution in [3.63, 3.8) is 0 Å². The van der Waals surface area contributed by atoms with Crippen LogP contribution in [0.25, 0.3) is 0 Å². The zero-order valence-electron chi connectivity index (χ0n) is 12.1. The Bertz CT molecular complexity index is 242. The van der Waals surface area contributed by atoms with E-state index in [4.69, 9.17) is 4.74 Å². The molecule has 4 heteroatoms. The SMILES string of the molecule is CCCCOCCNC1=NCC(C(CC)CC)S1. The molecular formula is C14H28N2OS. The lowest BCUT2D eigenvalue weighted by atomic mass is 9.99. The third kappa shape index (κ3) is 5.61. The van der Waals surface area contributed by atoms with Crippen LogP contribution in [0.3, 0.4) is 0 Å². The molecule has 0 saturated heterocycles. The van der Waals surface area contributed by atoms with E-state index in [0.29, 0.717) is 5.25 Å². The van der Waals surface area contributed by atoms with Gasteiger partial charge in [-0.1, -0.05) is 51.8 Å². The normalized spacial score (nSPS) is 19.3. The minimum Gasteiger partial charge on any atom is -0.380 e. The summed E-state index contributed by atoms with van der Waals surface area (Å²) in [6, 6.07) is 0. The van der Waals surface area contributed by atoms with Gasteiger partial charge in [-0.15, -0.1) is 0 Å². The van der Waals surface area contributed by atoms with Crippen molar-refractivity contribution in [3.05, 3.63) is 0 Å². The van der Waals surface area contributed by atoms with Crippen molar-refractivity contribution in [1.29, 1.82) is 0 Å². The lowest BCUT2D eigenvalue weighted by molar-refractivity contribution is 0.136. The van der Waals surface area contributed by atoms with Crippen molar-refractivity contribution in [3.8, 4) is 0 Å². The summed E-state index contributed by atoms with van der Waals surface area (Å²) in [7, 11) is 0. The summed E-state index contributed by atoms with van der Waals surface area (Å²) in [5, 5.41) is 5.18. The Morgan fingerprint density at radius 2 is 2.11 bits per heavy atom. The third-order valence-corrected chi connectivity index (χ3v) is 4.75. The molecule has 0 aromatic heterocycles. The third-order valence-electron chi connectivity index (χ3n) is 3.42. The summed E-state index contributed by atoms with van der Waals surface area (Å²) in [6.45, 7) is 10.3. The zero-order chi connectivity index (χ0) is 13.2. The zero-order valence-corrected chi connectivity index (χ0v) is 12.9. The maximum absolute atomic E-state index is 5.52. The van der Waals surface area contributed by atoms with Crippen LogP contribution < -0.4 is 5.32 Å². The lowest BCUT2D eigenvalue weighted by Gasteiger charge is -2.18. The molecule has 1 N–H and O–H groups in total. The van der Waals surface area contributed by atoms with Crippen LogP contribution >= 0.6 is 11.8 Å². The minimum atomic E-state index is 0.684. The van der Waals surface area contributed by atoms with E-state index in [2.05, 4.69) is 31.1 Å². The van der Waals surface area contributed by atoms with E-state index in [1.807, 2.05) is 11.8 Å². The first-order chi connectivity index (χ1) is 8.81. The molecule has 0 aromatic carbocycles. The summed E-state index contributed by atoms with van der Waals surface area (Å²) < 4.78 is 5.52. The second-order valence-corrected chi connectivity index (χ2v) is 6.00. The van der Waals surface area contributed by atoms with E-state index in [-0.39, 0.29) is 0 Å². The van der Waals surface area contributed by atoms with Crippen LogP contribution in [0.15, 0.2) is 4.99 Å². The molecule has 0 aromatic rings. The van der Waals surface area contributed by atoms with E-state index in [1.165, 1.54) is 19.3 Å². The van der Waals surface area contributed by atoms with Crippen LogP contribution in [0.4, 0.5) is 0 Å². The number of aliphatic imine (C=N–C) groups is 1. The Labute approximate surface area is 116 Å². The highest BCUT2D eigenvalue weighted by atomic mass is 32.2. The highest BCUT2D eigenvalue weighted by Gasteiger charge is 2.25. The van der Waals surface area contributed by atoms with Gasteiger partial charge in [0.2, 0.25) is 0 Å². The highest BCUT2D eigenvalue weighted by molar-refractivity contribution is 8.14. The quantitative estimate of drug-likeness (QED) is 0.654. The molecule has 1 heterocycles. The largest absolute Gasteiger partial charge is 0.380 e. The number of nitrogens with zero attached hydrogens (tertiary/aromatic N) is 1. The first-order valence-corrected chi connectivity index (χ1v) is 8.22. The smallest absolute Gasteiger partial charge is 0.157 e. The molecule has 0 fully saturated rings. The first kappa shape index (κ1) is 15.8. The topological polar surface area (TPSA) is 33.6 Å². The van der Waals surface area contributed by atoms with Gasteiger partial charge in [0.15, 0.2) is 5.17 Å². The van der Waals surface area contributed by atoms with Crippen molar-refractivity contribution in [2.45, 2.75) is 51.7 Å². The van der Waals surface area contributed by atoms with Crippen molar-refractivity contribution in [2.24, 2.45) is 10.9 Å². The number of hydrogen-bond acceptors (Lipinski definition) is 4. The predicted octanol–water partition coefficient (Wildman–Crippen LogP) is 3.30. The second-order valence-electron chi connectivity index (χ2n) is 4.77. The number of unbranched alkanes of at least 4 members (excludes halogenated alkanes) is 1. The average Bonchev–Trinajstić information content (AvgIpc) is 2.84. The number of ether oxygens (including phenoxy) is 1. The van der Waals surface area contributed by atoms with Crippen LogP contribution in [0.1, 0.15) is 46.5 Å². The van der Waals surface area contributed by atoms with Crippen molar-refractivity contribution in [2.75, 3.05) is 26.3 Å². The van der Waals surface area contributed by atoms with Crippen LogP contribution in [-0.4, -0.2) is 36.7 Å². The molecule has 1 aliphatic rings. The Kier molecular flexibility index (Phi) is 8.51. The summed E-state index contributed by atoms with van der Waals surface area (Å²) in [4.78, 5) is 4.58. The van der Waals surface area contributed by atoms with Gasteiger partial charge in [-0.05, 0) is 12.3 Å². The monoisotopic (exact) mass is 272 g/mol. The number of hydrogen-bond donors (Lipinski definition) is 1. The van der Waals surface area contributed by atoms with Gasteiger partial charge < -0.3 is 10.1 Å². The van der Waals surface area contributed by atoms with Gasteiger partial charge in [-0.3, -0.25) is 4.99 Å². The molecule has 18 heavy (non-hydrogen) atoms. The number of amidine groups is 1. The van der Waals surface area contributed by atoms with E-state index in [1.54, 1.807) is 0 Å². The lowest BCUT2D eigenvalue weighted by Crippen LogP contribution is -2.25. The Hall–Kier alpha value is -0.220. The molecule has 0 radical (unpaired) electrons. The number of nitrogens with one attached hydrogen (secondary N) is 1. The fourth-order valence-corrected chi connectivity index (χ4v) is 3.47. The average molecular weight is 272 g/mol. The van der Waals surface area contributed by atoms with Crippen molar-refractivity contribution < 1.29 is 4.74 Å². The Morgan fingerprint density at radius 3 is 2.78 bits per heavy atom. The summed E-state index contributed by atoms with van der Waals surface area (Å²) >= 11 is 1.92. The molecule has 0 saturated carbocycles. The van der Waals surface area contributed by atoms with E-state index in [0.717, 1.165) is 43.8 Å². The molecule has 3 nitrogen and oxygen atoms in total. The number of rotatable bonds is 9. The fraction of sp³-hybridized carbons (Fsp3) is 0.929. The van der Waals surface area contributed by atoms with Gasteiger partial charge in [0.25, 0.3) is 0 Å². The summed E-state index contributed by atoms with van der Waals surface area (Å²) in [5.41, 5.74) is 0. The van der Waals surface area contributed by atoms with E-state index in [9.17, 15) is 0 Å². The van der Waals surface area contributed by atoms with Crippen LogP contribution in [0.5, 0.6) is 0 Å². The van der Waals surface area contributed by atoms with Crippen molar-refractivity contribution in [1.82, 2.24) is 5.32 Å². The summed E-state index contributed by atoms with van der Waals surface area (Å²) in [6.07, 6.45) is 4.88. The molecule has 0 amide bonds. The van der Waals surface area contributed by atoms with Crippen molar-refractivity contribution >= 4 is 16.9 Å². The molecule has 1 unspecified atom stereocenters. The van der Waals surface area contributed by atoms with Gasteiger partial charge in [-0.2, -0.15) is 0 Å². The standard InChI is InChI=1S/C14H28N2OS/c1-4-7-9-17-10-8-15-14-16-11-13(18-14)12(5-2)6-3/h12-13H,4-11H2,1-3H3,(H,15,16). The number of thioether (sulfide) groups is 1. The molecule has 1 rings (SSSR count). The molecule has 1 atom stereocenters. The highest BCUT2D eigenvalue weighted by Crippen LogP contribution is 2.30. The summed E-state index contributed by atoms with van der Waals surface area (Å²) in [5.74, 6) is 0.804. The van der Waals surface area contributed by atoms with E-state index < -0.39 is 0 Å². The van der Waals surface area contributed by atoms with Crippen LogP contribution in [0, 0.1) is 5.92 Å². The maximum Gasteiger partial charge on any atom is 0.157 e. The maximum atomic E-state index is 5.52. The van der Waals surface area contributed by atoms with Gasteiger partial charge in [0.1, 0.15) is 0 Å². The van der Waals surface area contributed by atoms with Gasteiger partial charge in [-0.25, -0.2) is 0 Å². The van der Waals surface area contributed by atoms with Gasteiger partial charge in [0, 0.05) is 18.4 Å². The molecule has 1 aliphatic heterocycles. The first-order valence-electron chi connectivity index (χ1n) is 7.34.